The Labute approximate surface area is 97.2 Å². The molecular weight excluding hydrogens is 227 g/mol. The van der Waals surface area contributed by atoms with E-state index in [-0.39, 0.29) is 5.82 Å². The van der Waals surface area contributed by atoms with Crippen LogP contribution in [0.3, 0.4) is 0 Å². The molecule has 0 radical (unpaired) electrons. The van der Waals surface area contributed by atoms with Crippen molar-refractivity contribution in [2.45, 2.75) is 19.3 Å². The van der Waals surface area contributed by atoms with E-state index >= 15 is 0 Å². The summed E-state index contributed by atoms with van der Waals surface area (Å²) in [4.78, 5) is 4.48. The summed E-state index contributed by atoms with van der Waals surface area (Å²) in [6.45, 7) is 0. The zero-order chi connectivity index (χ0) is 11.3. The number of halogens is 2. The smallest absolute Gasteiger partial charge is 0.125 e. The molecule has 0 saturated heterocycles. The average Bonchev–Trinajstić information content (AvgIpc) is 2.68. The third-order valence-electron chi connectivity index (χ3n) is 3.08. The normalized spacial score (nSPS) is 14.4. The molecule has 0 atom stereocenters. The minimum atomic E-state index is -0.371. The third-order valence-corrected chi connectivity index (χ3v) is 3.37. The maximum absolute atomic E-state index is 13.3. The predicted octanol–water partition coefficient (Wildman–Crippen LogP) is 3.10. The molecule has 2 nitrogen and oxygen atoms in total. The van der Waals surface area contributed by atoms with Gasteiger partial charge < -0.3 is 5.73 Å². The Bertz CT molecular complexity index is 595. The van der Waals surface area contributed by atoms with Gasteiger partial charge >= 0.3 is 0 Å². The summed E-state index contributed by atoms with van der Waals surface area (Å²) in [6, 6.07) is 2.68. The molecule has 1 aliphatic carbocycles. The molecule has 1 aliphatic rings. The van der Waals surface area contributed by atoms with Gasteiger partial charge in [-0.3, -0.25) is 4.98 Å². The van der Waals surface area contributed by atoms with Crippen molar-refractivity contribution in [1.29, 1.82) is 0 Å². The summed E-state index contributed by atoms with van der Waals surface area (Å²) in [7, 11) is 0. The molecule has 3 rings (SSSR count). The molecule has 2 N–H and O–H groups in total. The Morgan fingerprint density at radius 1 is 1.31 bits per heavy atom. The molecule has 0 amide bonds. The van der Waals surface area contributed by atoms with Gasteiger partial charge in [0, 0.05) is 16.8 Å². The standard InChI is InChI=1S/C12H10ClFN2/c13-9-5-6(14)4-8-11(15)7-2-1-3-10(7)16-12(8)9/h4-5H,1-3H2,(H2,15,16). The molecule has 1 heterocycles. The Kier molecular flexibility index (Phi) is 2.04. The van der Waals surface area contributed by atoms with Crippen molar-refractivity contribution in [1.82, 2.24) is 4.98 Å². The van der Waals surface area contributed by atoms with Crippen molar-refractivity contribution < 1.29 is 4.39 Å². The van der Waals surface area contributed by atoms with Gasteiger partial charge in [0.2, 0.25) is 0 Å². The number of hydrogen-bond acceptors (Lipinski definition) is 2. The van der Waals surface area contributed by atoms with Crippen molar-refractivity contribution in [3.05, 3.63) is 34.2 Å². The van der Waals surface area contributed by atoms with Crippen LogP contribution in [0, 0.1) is 5.82 Å². The molecule has 0 bridgehead atoms. The maximum atomic E-state index is 13.3. The number of nitrogen functional groups attached to an aromatic ring is 1. The number of benzene rings is 1. The fourth-order valence-corrected chi connectivity index (χ4v) is 2.57. The molecule has 0 unspecified atom stereocenters. The van der Waals surface area contributed by atoms with Gasteiger partial charge in [0.1, 0.15) is 5.82 Å². The van der Waals surface area contributed by atoms with Gasteiger partial charge in [-0.05, 0) is 37.0 Å². The molecule has 0 spiro atoms. The topological polar surface area (TPSA) is 38.9 Å². The van der Waals surface area contributed by atoms with Gasteiger partial charge in [-0.1, -0.05) is 11.6 Å². The molecule has 1 aromatic carbocycles. The van der Waals surface area contributed by atoms with Crippen LogP contribution in [0.25, 0.3) is 10.9 Å². The number of nitrogens with zero attached hydrogens (tertiary/aromatic N) is 1. The summed E-state index contributed by atoms with van der Waals surface area (Å²) >= 11 is 5.98. The summed E-state index contributed by atoms with van der Waals surface area (Å²) in [5, 5.41) is 0.960. The zero-order valence-electron chi connectivity index (χ0n) is 8.56. The number of rotatable bonds is 0. The van der Waals surface area contributed by atoms with Crippen LogP contribution in [-0.2, 0) is 12.8 Å². The van der Waals surface area contributed by atoms with E-state index in [4.69, 9.17) is 17.3 Å². The first-order valence-electron chi connectivity index (χ1n) is 5.23. The molecule has 0 aliphatic heterocycles. The van der Waals surface area contributed by atoms with Crippen molar-refractivity contribution in [3.63, 3.8) is 0 Å². The first-order valence-corrected chi connectivity index (χ1v) is 5.60. The van der Waals surface area contributed by atoms with Gasteiger partial charge in [0.05, 0.1) is 10.5 Å². The molecule has 2 aromatic rings. The van der Waals surface area contributed by atoms with Gasteiger partial charge in [-0.25, -0.2) is 4.39 Å². The van der Waals surface area contributed by atoms with Crippen LogP contribution in [0.5, 0.6) is 0 Å². The largest absolute Gasteiger partial charge is 0.398 e. The van der Waals surface area contributed by atoms with Crippen molar-refractivity contribution in [2.75, 3.05) is 5.73 Å². The highest BCUT2D eigenvalue weighted by molar-refractivity contribution is 6.35. The Morgan fingerprint density at radius 3 is 2.94 bits per heavy atom. The lowest BCUT2D eigenvalue weighted by molar-refractivity contribution is 0.629. The van der Waals surface area contributed by atoms with Crippen LogP contribution in [-0.4, -0.2) is 4.98 Å². The number of anilines is 1. The van der Waals surface area contributed by atoms with Crippen LogP contribution in [0.4, 0.5) is 10.1 Å². The van der Waals surface area contributed by atoms with Gasteiger partial charge in [0.15, 0.2) is 0 Å². The number of fused-ring (bicyclic) bond motifs is 2. The Hall–Kier alpha value is -1.35. The van der Waals surface area contributed by atoms with Crippen molar-refractivity contribution >= 4 is 28.2 Å². The number of hydrogen-bond donors (Lipinski definition) is 1. The van der Waals surface area contributed by atoms with E-state index in [9.17, 15) is 4.39 Å². The lowest BCUT2D eigenvalue weighted by Gasteiger charge is -2.09. The summed E-state index contributed by atoms with van der Waals surface area (Å²) in [5.74, 6) is -0.371. The van der Waals surface area contributed by atoms with Crippen LogP contribution < -0.4 is 5.73 Å². The maximum Gasteiger partial charge on any atom is 0.125 e. The van der Waals surface area contributed by atoms with Crippen LogP contribution >= 0.6 is 11.6 Å². The second-order valence-corrected chi connectivity index (χ2v) is 4.50. The first kappa shape index (κ1) is 9.85. The van der Waals surface area contributed by atoms with E-state index in [0.29, 0.717) is 21.6 Å². The molecule has 82 valence electrons. The van der Waals surface area contributed by atoms with E-state index in [2.05, 4.69) is 4.98 Å². The average molecular weight is 237 g/mol. The molecular formula is C12H10ClFN2. The van der Waals surface area contributed by atoms with Crippen LogP contribution in [0.15, 0.2) is 12.1 Å². The summed E-state index contributed by atoms with van der Waals surface area (Å²) in [6.07, 6.45) is 2.92. The van der Waals surface area contributed by atoms with Gasteiger partial charge in [0.25, 0.3) is 0 Å². The molecule has 4 heteroatoms. The number of aromatic nitrogens is 1. The van der Waals surface area contributed by atoms with Crippen molar-refractivity contribution in [3.8, 4) is 0 Å². The molecule has 16 heavy (non-hydrogen) atoms. The Morgan fingerprint density at radius 2 is 2.12 bits per heavy atom. The monoisotopic (exact) mass is 236 g/mol. The number of aryl methyl sites for hydroxylation is 1. The molecule has 1 aromatic heterocycles. The fraction of sp³-hybridized carbons (Fsp3) is 0.250. The minimum Gasteiger partial charge on any atom is -0.398 e. The molecule has 0 fully saturated rings. The van der Waals surface area contributed by atoms with E-state index in [1.807, 2.05) is 0 Å². The summed E-state index contributed by atoms with van der Waals surface area (Å²) < 4.78 is 13.3. The second kappa shape index (κ2) is 3.32. The van der Waals surface area contributed by atoms with Crippen molar-refractivity contribution in [2.24, 2.45) is 0 Å². The fourth-order valence-electron chi connectivity index (χ4n) is 2.32. The second-order valence-electron chi connectivity index (χ2n) is 4.09. The first-order chi connectivity index (χ1) is 7.66. The van der Waals surface area contributed by atoms with Gasteiger partial charge in [-0.15, -0.1) is 0 Å². The quantitative estimate of drug-likeness (QED) is 0.763. The zero-order valence-corrected chi connectivity index (χ0v) is 9.31. The van der Waals surface area contributed by atoms with Crippen LogP contribution in [0.1, 0.15) is 17.7 Å². The minimum absolute atomic E-state index is 0.330. The highest BCUT2D eigenvalue weighted by atomic mass is 35.5. The van der Waals surface area contributed by atoms with E-state index in [1.165, 1.54) is 12.1 Å². The Balaban J connectivity index is 2.46. The molecule has 0 saturated carbocycles. The highest BCUT2D eigenvalue weighted by Gasteiger charge is 2.19. The van der Waals surface area contributed by atoms with Crippen LogP contribution in [0.2, 0.25) is 5.02 Å². The third kappa shape index (κ3) is 1.28. The number of pyridine rings is 1. The SMILES string of the molecule is Nc1c2c(nc3c(Cl)cc(F)cc13)CCC2. The van der Waals surface area contributed by atoms with E-state index in [0.717, 1.165) is 30.5 Å². The highest BCUT2D eigenvalue weighted by Crippen LogP contribution is 2.34. The lowest BCUT2D eigenvalue weighted by atomic mass is 10.1. The van der Waals surface area contributed by atoms with E-state index < -0.39 is 0 Å². The van der Waals surface area contributed by atoms with E-state index in [1.54, 1.807) is 0 Å². The van der Waals surface area contributed by atoms with Gasteiger partial charge in [-0.2, -0.15) is 0 Å². The number of nitrogens with two attached hydrogens (primary N) is 1. The predicted molar refractivity (Wildman–Crippen MR) is 63.1 cm³/mol. The summed E-state index contributed by atoms with van der Waals surface area (Å²) in [5.41, 5.74) is 9.37. The lowest BCUT2D eigenvalue weighted by Crippen LogP contribution is -1.99.